The number of benzene rings is 2. The quantitative estimate of drug-likeness (QED) is 0.406. The predicted molar refractivity (Wildman–Crippen MR) is 128 cm³/mol. The monoisotopic (exact) mass is 482 g/mol. The molecule has 0 aromatic heterocycles. The second-order valence-corrected chi connectivity index (χ2v) is 7.37. The SMILES string of the molecule is CCOc1cc(CNCCCN(C)C)cc(Cl)c1OCc1ccccc1Cl.Cl.Cl. The van der Waals surface area contributed by atoms with Crippen LogP contribution in [0.3, 0.4) is 0 Å². The van der Waals surface area contributed by atoms with E-state index in [2.05, 4.69) is 24.3 Å². The van der Waals surface area contributed by atoms with Gasteiger partial charge in [-0.1, -0.05) is 41.4 Å². The second kappa shape index (κ2) is 15.0. The van der Waals surface area contributed by atoms with Crippen molar-refractivity contribution < 1.29 is 9.47 Å². The van der Waals surface area contributed by atoms with Crippen LogP contribution in [0, 0.1) is 0 Å². The van der Waals surface area contributed by atoms with Gasteiger partial charge < -0.3 is 19.7 Å². The highest BCUT2D eigenvalue weighted by Gasteiger charge is 2.13. The van der Waals surface area contributed by atoms with Crippen LogP contribution in [-0.2, 0) is 13.2 Å². The molecule has 164 valence electrons. The Kier molecular flexibility index (Phi) is 14.5. The molecule has 8 heteroatoms. The Morgan fingerprint density at radius 1 is 1.00 bits per heavy atom. The smallest absolute Gasteiger partial charge is 0.180 e. The lowest BCUT2D eigenvalue weighted by molar-refractivity contribution is 0.269. The minimum Gasteiger partial charge on any atom is -0.490 e. The fourth-order valence-electron chi connectivity index (χ4n) is 2.64. The Bertz CT molecular complexity index is 730. The third kappa shape index (κ3) is 9.65. The summed E-state index contributed by atoms with van der Waals surface area (Å²) in [6.07, 6.45) is 1.10. The van der Waals surface area contributed by atoms with Crippen molar-refractivity contribution in [3.63, 3.8) is 0 Å². The molecule has 4 nitrogen and oxygen atoms in total. The number of ether oxygens (including phenoxy) is 2. The van der Waals surface area contributed by atoms with Crippen LogP contribution in [-0.4, -0.2) is 38.7 Å². The molecular formula is C21H30Cl4N2O2. The molecule has 0 saturated heterocycles. The van der Waals surface area contributed by atoms with E-state index in [1.165, 1.54) is 0 Å². The van der Waals surface area contributed by atoms with Crippen molar-refractivity contribution in [2.24, 2.45) is 0 Å². The summed E-state index contributed by atoms with van der Waals surface area (Å²) in [4.78, 5) is 2.18. The average molecular weight is 484 g/mol. The molecule has 0 bridgehead atoms. The average Bonchev–Trinajstić information content (AvgIpc) is 2.62. The zero-order valence-electron chi connectivity index (χ0n) is 17.0. The summed E-state index contributed by atoms with van der Waals surface area (Å²) < 4.78 is 11.7. The molecule has 0 radical (unpaired) electrons. The van der Waals surface area contributed by atoms with Crippen LogP contribution in [0.1, 0.15) is 24.5 Å². The molecular weight excluding hydrogens is 454 g/mol. The molecule has 0 aliphatic heterocycles. The van der Waals surface area contributed by atoms with Gasteiger partial charge in [-0.25, -0.2) is 0 Å². The van der Waals surface area contributed by atoms with Gasteiger partial charge in [0.05, 0.1) is 11.6 Å². The van der Waals surface area contributed by atoms with E-state index < -0.39 is 0 Å². The van der Waals surface area contributed by atoms with Gasteiger partial charge >= 0.3 is 0 Å². The van der Waals surface area contributed by atoms with E-state index in [4.69, 9.17) is 32.7 Å². The van der Waals surface area contributed by atoms with Gasteiger partial charge in [-0.3, -0.25) is 0 Å². The topological polar surface area (TPSA) is 33.7 Å². The van der Waals surface area contributed by atoms with Crippen molar-refractivity contribution >= 4 is 48.0 Å². The summed E-state index contributed by atoms with van der Waals surface area (Å²) in [5.74, 6) is 1.21. The number of nitrogens with zero attached hydrogens (tertiary/aromatic N) is 1. The van der Waals surface area contributed by atoms with Crippen molar-refractivity contribution in [3.05, 3.63) is 57.6 Å². The molecule has 0 fully saturated rings. The van der Waals surface area contributed by atoms with Gasteiger partial charge in [-0.2, -0.15) is 0 Å². The van der Waals surface area contributed by atoms with Crippen LogP contribution < -0.4 is 14.8 Å². The Hall–Kier alpha value is -0.880. The highest BCUT2D eigenvalue weighted by molar-refractivity contribution is 6.32. The first kappa shape index (κ1) is 28.1. The van der Waals surface area contributed by atoms with Crippen LogP contribution in [0.25, 0.3) is 0 Å². The molecule has 29 heavy (non-hydrogen) atoms. The van der Waals surface area contributed by atoms with E-state index in [1.807, 2.05) is 43.3 Å². The van der Waals surface area contributed by atoms with E-state index in [9.17, 15) is 0 Å². The summed E-state index contributed by atoms with van der Waals surface area (Å²) >= 11 is 12.7. The zero-order valence-corrected chi connectivity index (χ0v) is 20.2. The Balaban J connectivity index is 0.00000392. The number of hydrogen-bond donors (Lipinski definition) is 1. The Morgan fingerprint density at radius 2 is 1.72 bits per heavy atom. The molecule has 2 aromatic carbocycles. The third-order valence-corrected chi connectivity index (χ3v) is 4.64. The van der Waals surface area contributed by atoms with Crippen molar-refractivity contribution in [3.8, 4) is 11.5 Å². The highest BCUT2D eigenvalue weighted by Crippen LogP contribution is 2.37. The normalized spacial score (nSPS) is 10.3. The largest absolute Gasteiger partial charge is 0.490 e. The zero-order chi connectivity index (χ0) is 19.6. The first-order valence-electron chi connectivity index (χ1n) is 9.18. The van der Waals surface area contributed by atoms with Gasteiger partial charge in [-0.05, 0) is 64.3 Å². The van der Waals surface area contributed by atoms with Gasteiger partial charge in [0.15, 0.2) is 11.5 Å². The Morgan fingerprint density at radius 3 is 2.38 bits per heavy atom. The summed E-state index contributed by atoms with van der Waals surface area (Å²) in [7, 11) is 4.16. The molecule has 0 spiro atoms. The van der Waals surface area contributed by atoms with Crippen molar-refractivity contribution in [1.82, 2.24) is 10.2 Å². The minimum absolute atomic E-state index is 0. The fraction of sp³-hybridized carbons (Fsp3) is 0.429. The van der Waals surface area contributed by atoms with E-state index in [1.54, 1.807) is 0 Å². The number of rotatable bonds is 11. The molecule has 2 aromatic rings. The summed E-state index contributed by atoms with van der Waals surface area (Å²) in [5.41, 5.74) is 1.97. The molecule has 0 amide bonds. The van der Waals surface area contributed by atoms with Crippen molar-refractivity contribution in [2.75, 3.05) is 33.8 Å². The maximum Gasteiger partial charge on any atom is 0.180 e. The van der Waals surface area contributed by atoms with Crippen molar-refractivity contribution in [2.45, 2.75) is 26.5 Å². The molecule has 0 atom stereocenters. The standard InChI is InChI=1S/C21H28Cl2N2O2.2ClH/c1-4-26-20-13-16(14-24-10-7-11-25(2)3)12-19(23)21(20)27-15-17-8-5-6-9-18(17)22;;/h5-6,8-9,12-13,24H,4,7,10-11,14-15H2,1-3H3;2*1H. The molecule has 0 unspecified atom stereocenters. The first-order valence-corrected chi connectivity index (χ1v) is 9.93. The highest BCUT2D eigenvalue weighted by atomic mass is 35.5. The lowest BCUT2D eigenvalue weighted by Crippen LogP contribution is -2.21. The molecule has 0 aliphatic carbocycles. The van der Waals surface area contributed by atoms with Gasteiger partial charge in [0.2, 0.25) is 0 Å². The molecule has 2 rings (SSSR count). The molecule has 0 saturated carbocycles. The lowest BCUT2D eigenvalue weighted by atomic mass is 10.2. The summed E-state index contributed by atoms with van der Waals surface area (Å²) in [6, 6.07) is 11.5. The van der Waals surface area contributed by atoms with Crippen molar-refractivity contribution in [1.29, 1.82) is 0 Å². The lowest BCUT2D eigenvalue weighted by Gasteiger charge is -2.16. The van der Waals surface area contributed by atoms with Crippen LogP contribution in [0.15, 0.2) is 36.4 Å². The maximum atomic E-state index is 6.49. The molecule has 0 heterocycles. The Labute approximate surface area is 196 Å². The summed E-state index contributed by atoms with van der Waals surface area (Å²) in [6.45, 7) is 5.56. The van der Waals surface area contributed by atoms with Crippen LogP contribution in [0.5, 0.6) is 11.5 Å². The first-order chi connectivity index (χ1) is 13.0. The fourth-order valence-corrected chi connectivity index (χ4v) is 3.12. The van der Waals surface area contributed by atoms with Gasteiger partial charge in [0.1, 0.15) is 6.61 Å². The van der Waals surface area contributed by atoms with Crippen LogP contribution >= 0.6 is 48.0 Å². The molecule has 1 N–H and O–H groups in total. The number of hydrogen-bond acceptors (Lipinski definition) is 4. The van der Waals surface area contributed by atoms with Gasteiger partial charge in [0.25, 0.3) is 0 Å². The predicted octanol–water partition coefficient (Wildman–Crippen LogP) is 5.86. The van der Waals surface area contributed by atoms with E-state index in [-0.39, 0.29) is 24.8 Å². The van der Waals surface area contributed by atoms with Gasteiger partial charge in [-0.15, -0.1) is 24.8 Å². The third-order valence-electron chi connectivity index (χ3n) is 3.99. The van der Waals surface area contributed by atoms with Gasteiger partial charge in [0, 0.05) is 17.1 Å². The molecule has 0 aliphatic rings. The number of halogens is 4. The number of nitrogens with one attached hydrogen (secondary N) is 1. The summed E-state index contributed by atoms with van der Waals surface area (Å²) in [5, 5.41) is 4.65. The minimum atomic E-state index is 0. The van der Waals surface area contributed by atoms with Crippen LogP contribution in [0.4, 0.5) is 0 Å². The van der Waals surface area contributed by atoms with E-state index >= 15 is 0 Å². The maximum absolute atomic E-state index is 6.49. The van der Waals surface area contributed by atoms with Crippen LogP contribution in [0.2, 0.25) is 10.0 Å². The van der Waals surface area contributed by atoms with E-state index in [0.717, 1.165) is 37.2 Å². The van der Waals surface area contributed by atoms with E-state index in [0.29, 0.717) is 34.8 Å². The second-order valence-electron chi connectivity index (χ2n) is 6.55.